The van der Waals surface area contributed by atoms with Gasteiger partial charge in [0.2, 0.25) is 17.4 Å². The van der Waals surface area contributed by atoms with E-state index in [2.05, 4.69) is 5.32 Å². The Balaban J connectivity index is 1.61. The first-order chi connectivity index (χ1) is 21.1. The third-order valence-electron chi connectivity index (χ3n) is 6.70. The van der Waals surface area contributed by atoms with Crippen LogP contribution in [0.4, 0.5) is 11.4 Å². The van der Waals surface area contributed by atoms with Gasteiger partial charge in [-0.25, -0.2) is 4.79 Å². The predicted molar refractivity (Wildman–Crippen MR) is 169 cm³/mol. The van der Waals surface area contributed by atoms with Crippen LogP contribution < -0.4 is 9.31 Å². The van der Waals surface area contributed by atoms with Gasteiger partial charge in [0.1, 0.15) is 24.2 Å². The number of esters is 1. The molecule has 3 aromatic carbocycles. The minimum atomic E-state index is -1.67. The molecule has 1 N–H and O–H groups in total. The van der Waals surface area contributed by atoms with E-state index < -0.39 is 29.2 Å². The molecule has 2 aliphatic heterocycles. The molecule has 222 valence electrons. The number of hydrogen-bond acceptors (Lipinski definition) is 8. The quantitative estimate of drug-likeness (QED) is 0.136. The summed E-state index contributed by atoms with van der Waals surface area (Å²) in [7, 11) is 0. The van der Waals surface area contributed by atoms with Gasteiger partial charge in [-0.3, -0.25) is 9.59 Å². The van der Waals surface area contributed by atoms with Crippen molar-refractivity contribution in [3.8, 4) is 6.07 Å². The number of anilines is 1. The van der Waals surface area contributed by atoms with Gasteiger partial charge < -0.3 is 14.8 Å². The number of nitriles is 1. The lowest BCUT2D eigenvalue weighted by Gasteiger charge is -2.29. The molecular weight excluding hydrogens is 576 g/mol. The highest BCUT2D eigenvalue weighted by atomic mass is 32.2. The molecule has 0 aliphatic carbocycles. The number of nitrogens with one attached hydrogen (secondary N) is 1. The van der Waals surface area contributed by atoms with Crippen LogP contribution >= 0.6 is 11.9 Å². The maximum atomic E-state index is 14.0. The number of amides is 1. The van der Waals surface area contributed by atoms with Gasteiger partial charge in [0, 0.05) is 17.8 Å². The molecule has 2 atom stereocenters. The molecule has 2 aliphatic rings. The Bertz CT molecular complexity index is 1710. The fourth-order valence-corrected chi connectivity index (χ4v) is 5.93. The Kier molecular flexibility index (Phi) is 8.81. The number of nitrogens with zero attached hydrogens (tertiary/aromatic N) is 3. The van der Waals surface area contributed by atoms with E-state index in [4.69, 9.17) is 14.6 Å². The Morgan fingerprint density at radius 1 is 1.00 bits per heavy atom. The van der Waals surface area contributed by atoms with Crippen LogP contribution in [0.3, 0.4) is 0 Å². The van der Waals surface area contributed by atoms with Crippen LogP contribution in [0, 0.1) is 17.2 Å². The number of benzene rings is 3. The van der Waals surface area contributed by atoms with Crippen molar-refractivity contribution in [2.75, 3.05) is 11.9 Å². The van der Waals surface area contributed by atoms with Crippen LogP contribution in [0.2, 0.25) is 0 Å². The predicted octanol–water partition coefficient (Wildman–Crippen LogP) is 6.07. The number of ketones is 1. The number of para-hydroxylation sites is 2. The van der Waals surface area contributed by atoms with Crippen molar-refractivity contribution in [3.05, 3.63) is 120 Å². The summed E-state index contributed by atoms with van der Waals surface area (Å²) in [5, 5.41) is 17.6. The first-order valence-corrected chi connectivity index (χ1v) is 14.9. The highest BCUT2D eigenvalue weighted by Gasteiger charge is 2.52. The van der Waals surface area contributed by atoms with E-state index in [1.165, 1.54) is 11.9 Å². The van der Waals surface area contributed by atoms with Gasteiger partial charge in [-0.05, 0) is 38.5 Å². The number of hydrogen-bond donors (Lipinski definition) is 1. The highest BCUT2D eigenvalue weighted by Crippen LogP contribution is 2.47. The van der Waals surface area contributed by atoms with Crippen molar-refractivity contribution < 1.29 is 23.9 Å². The number of carbonyl (C=O) groups excluding carboxylic acids is 3. The van der Waals surface area contributed by atoms with E-state index in [1.54, 1.807) is 57.2 Å². The second-order valence-electron chi connectivity index (χ2n) is 11.1. The van der Waals surface area contributed by atoms with E-state index in [0.29, 0.717) is 28.4 Å². The number of quaternary nitrogens is 1. The lowest BCUT2D eigenvalue weighted by Crippen LogP contribution is -2.35. The molecule has 0 saturated carbocycles. The van der Waals surface area contributed by atoms with Crippen LogP contribution in [0.5, 0.6) is 0 Å². The molecule has 0 fully saturated rings. The molecule has 10 heteroatoms. The minimum absolute atomic E-state index is 0.0278. The third kappa shape index (κ3) is 6.49. The van der Waals surface area contributed by atoms with E-state index in [-0.39, 0.29) is 22.1 Å². The Labute approximate surface area is 260 Å². The summed E-state index contributed by atoms with van der Waals surface area (Å²) in [6.07, 6.45) is 1.55. The fourth-order valence-electron chi connectivity index (χ4n) is 4.69. The molecule has 0 saturated heterocycles. The van der Waals surface area contributed by atoms with E-state index in [1.807, 2.05) is 66.7 Å². The number of allylic oxidation sites excluding steroid dienone is 1. The zero-order valence-corrected chi connectivity index (χ0v) is 25.3. The standard InChI is InChI=1S/C34H30N4O5S/c1-34(2,3)43-33(41)29-19-28-27(21-42-29)30(31(39)26(20-35)32(40)36-24-15-9-5-10-16-24)37-38(28,25-17-11-6-12-18-25)44-22-23-13-7-4-8-14-23/h4-19,26H,21-22H2,1-3H3/p+1. The second kappa shape index (κ2) is 12.7. The molecule has 2 heterocycles. The molecule has 5 rings (SSSR count). The Morgan fingerprint density at radius 2 is 1.61 bits per heavy atom. The van der Waals surface area contributed by atoms with Gasteiger partial charge in [0.15, 0.2) is 23.0 Å². The smallest absolute Gasteiger partial charge is 0.374 e. The minimum Gasteiger partial charge on any atom is -0.481 e. The zero-order valence-electron chi connectivity index (χ0n) is 24.5. The third-order valence-corrected chi connectivity index (χ3v) is 8.02. The van der Waals surface area contributed by atoms with Gasteiger partial charge in [-0.1, -0.05) is 75.8 Å². The number of Topliss-reactive ketones (excluding diaryl/α,β-unsaturated/α-hetero) is 1. The van der Waals surface area contributed by atoms with Gasteiger partial charge in [0.25, 0.3) is 0 Å². The number of carbonyl (C=O) groups is 3. The molecule has 0 aromatic heterocycles. The summed E-state index contributed by atoms with van der Waals surface area (Å²) in [6.45, 7) is 5.10. The lowest BCUT2D eigenvalue weighted by molar-refractivity contribution is -0.154. The van der Waals surface area contributed by atoms with E-state index >= 15 is 0 Å². The first kappa shape index (κ1) is 30.5. The van der Waals surface area contributed by atoms with E-state index in [0.717, 1.165) is 5.56 Å². The average molecular weight is 608 g/mol. The summed E-state index contributed by atoms with van der Waals surface area (Å²) < 4.78 is 11.2. The SMILES string of the molecule is CC(C)(C)OC(=O)C1=CC2=C(CO1)C(C(=O)C(C#N)C(=O)Nc1ccccc1)=N[N+]2(SCc1ccccc1)c1ccccc1. The monoisotopic (exact) mass is 607 g/mol. The average Bonchev–Trinajstić information content (AvgIpc) is 3.36. The molecule has 3 aromatic rings. The Morgan fingerprint density at radius 3 is 2.23 bits per heavy atom. The van der Waals surface area contributed by atoms with Crippen molar-refractivity contribution in [1.29, 1.82) is 5.26 Å². The summed E-state index contributed by atoms with van der Waals surface area (Å²) in [5.74, 6) is -3.39. The zero-order chi connectivity index (χ0) is 31.3. The maximum absolute atomic E-state index is 14.0. The first-order valence-electron chi connectivity index (χ1n) is 14.0. The van der Waals surface area contributed by atoms with Crippen molar-refractivity contribution in [3.63, 3.8) is 0 Å². The molecule has 9 nitrogen and oxygen atoms in total. The Hall–Kier alpha value is -4.98. The molecule has 0 bridgehead atoms. The van der Waals surface area contributed by atoms with E-state index in [9.17, 15) is 19.6 Å². The van der Waals surface area contributed by atoms with Crippen LogP contribution in [0.15, 0.2) is 119 Å². The molecule has 2 unspecified atom stereocenters. The largest absolute Gasteiger partial charge is 0.481 e. The van der Waals surface area contributed by atoms with Crippen molar-refractivity contribution in [1.82, 2.24) is 4.00 Å². The summed E-state index contributed by atoms with van der Waals surface area (Å²) in [4.78, 5) is 40.3. The van der Waals surface area contributed by atoms with Crippen LogP contribution in [-0.4, -0.2) is 35.6 Å². The van der Waals surface area contributed by atoms with Crippen molar-refractivity contribution in [2.24, 2.45) is 11.0 Å². The number of ether oxygens (including phenoxy) is 2. The maximum Gasteiger partial charge on any atom is 0.374 e. The van der Waals surface area contributed by atoms with Gasteiger partial charge in [-0.15, -0.1) is 0 Å². The number of rotatable bonds is 9. The summed E-state index contributed by atoms with van der Waals surface area (Å²) >= 11 is 1.41. The molecule has 1 amide bonds. The van der Waals surface area contributed by atoms with Gasteiger partial charge in [-0.2, -0.15) is 5.26 Å². The van der Waals surface area contributed by atoms with Crippen molar-refractivity contribution >= 4 is 46.7 Å². The van der Waals surface area contributed by atoms with Gasteiger partial charge >= 0.3 is 5.97 Å². The molecule has 0 spiro atoms. The highest BCUT2D eigenvalue weighted by molar-refractivity contribution is 7.98. The lowest BCUT2D eigenvalue weighted by atomic mass is 9.95. The second-order valence-corrected chi connectivity index (χ2v) is 12.1. The molecule has 44 heavy (non-hydrogen) atoms. The summed E-state index contributed by atoms with van der Waals surface area (Å²) in [6, 6.07) is 29.6. The van der Waals surface area contributed by atoms with Crippen LogP contribution in [0.1, 0.15) is 26.3 Å². The topological polar surface area (TPSA) is 118 Å². The van der Waals surface area contributed by atoms with Crippen LogP contribution in [-0.2, 0) is 29.6 Å². The fraction of sp³-hybridized carbons (Fsp3) is 0.206. The molecular formula is C34H31N4O5S+. The van der Waals surface area contributed by atoms with Crippen molar-refractivity contribution in [2.45, 2.75) is 32.1 Å². The summed E-state index contributed by atoms with van der Waals surface area (Å²) in [5.41, 5.74) is 2.25. The molecule has 0 radical (unpaired) electrons. The van der Waals surface area contributed by atoms with Crippen LogP contribution in [0.25, 0.3) is 0 Å². The normalized spacial score (nSPS) is 18.1. The van der Waals surface area contributed by atoms with Gasteiger partial charge in [0.05, 0.1) is 23.5 Å².